The second kappa shape index (κ2) is 8.16. The summed E-state index contributed by atoms with van der Waals surface area (Å²) in [6, 6.07) is 17.0. The molecule has 0 atom stereocenters. The molecule has 0 aliphatic rings. The van der Waals surface area contributed by atoms with Crippen LogP contribution < -0.4 is 4.31 Å². The van der Waals surface area contributed by atoms with Gasteiger partial charge in [-0.1, -0.05) is 42.5 Å². The number of nitrogens with zero attached hydrogens (tertiary/aromatic N) is 2. The molecule has 6 heteroatoms. The van der Waals surface area contributed by atoms with E-state index in [2.05, 4.69) is 0 Å². The van der Waals surface area contributed by atoms with Crippen LogP contribution in [0.4, 0.5) is 5.69 Å². The summed E-state index contributed by atoms with van der Waals surface area (Å²) in [7, 11) is -1.72. The molecule has 1 amide bonds. The van der Waals surface area contributed by atoms with Gasteiger partial charge in [-0.25, -0.2) is 8.42 Å². The summed E-state index contributed by atoms with van der Waals surface area (Å²) >= 11 is 0. The minimum absolute atomic E-state index is 0.0924. The number of hydrogen-bond acceptors (Lipinski definition) is 3. The first kappa shape index (κ1) is 19.0. The van der Waals surface area contributed by atoms with Gasteiger partial charge >= 0.3 is 0 Å². The molecule has 2 rings (SSSR count). The Balaban J connectivity index is 2.04. The Labute approximate surface area is 149 Å². The molecule has 0 heterocycles. The maximum Gasteiger partial charge on any atom is 0.232 e. The van der Waals surface area contributed by atoms with Gasteiger partial charge in [0.05, 0.1) is 11.9 Å². The number of carbonyl (C=O) groups excluding carboxylic acids is 1. The molecule has 0 saturated carbocycles. The average molecular weight is 360 g/mol. The molecule has 5 nitrogen and oxygen atoms in total. The van der Waals surface area contributed by atoms with Crippen molar-refractivity contribution in [1.29, 1.82) is 0 Å². The third kappa shape index (κ3) is 5.60. The van der Waals surface area contributed by atoms with Crippen LogP contribution in [0.25, 0.3) is 0 Å². The lowest BCUT2D eigenvalue weighted by Gasteiger charge is -2.24. The summed E-state index contributed by atoms with van der Waals surface area (Å²) in [6.45, 7) is 2.53. The molecular weight excluding hydrogens is 336 g/mol. The van der Waals surface area contributed by atoms with Crippen LogP contribution in [0.3, 0.4) is 0 Å². The predicted octanol–water partition coefficient (Wildman–Crippen LogP) is 2.81. The van der Waals surface area contributed by atoms with E-state index < -0.39 is 10.0 Å². The van der Waals surface area contributed by atoms with Gasteiger partial charge in [0.2, 0.25) is 15.9 Å². The molecule has 25 heavy (non-hydrogen) atoms. The Morgan fingerprint density at radius 3 is 2.32 bits per heavy atom. The smallest absolute Gasteiger partial charge is 0.232 e. The van der Waals surface area contributed by atoms with E-state index in [1.54, 1.807) is 24.1 Å². The SMILES string of the molecule is Cc1cccc(N(CCC(=O)N(C)Cc2ccccc2)S(C)(=O)=O)c1. The fourth-order valence-electron chi connectivity index (χ4n) is 2.60. The Hall–Kier alpha value is -2.34. The maximum absolute atomic E-state index is 12.4. The van der Waals surface area contributed by atoms with Gasteiger partial charge in [-0.2, -0.15) is 0 Å². The van der Waals surface area contributed by atoms with Crippen LogP contribution in [-0.2, 0) is 21.4 Å². The highest BCUT2D eigenvalue weighted by atomic mass is 32.2. The Bertz CT molecular complexity index is 820. The fourth-order valence-corrected chi connectivity index (χ4v) is 3.52. The van der Waals surface area contributed by atoms with E-state index in [1.807, 2.05) is 49.4 Å². The van der Waals surface area contributed by atoms with Crippen molar-refractivity contribution in [2.24, 2.45) is 0 Å². The van der Waals surface area contributed by atoms with Crippen LogP contribution in [0, 0.1) is 6.92 Å². The monoisotopic (exact) mass is 360 g/mol. The first-order valence-electron chi connectivity index (χ1n) is 8.09. The highest BCUT2D eigenvalue weighted by molar-refractivity contribution is 7.92. The summed E-state index contributed by atoms with van der Waals surface area (Å²) in [5.74, 6) is -0.0924. The van der Waals surface area contributed by atoms with Crippen LogP contribution in [0.5, 0.6) is 0 Å². The van der Waals surface area contributed by atoms with Crippen molar-refractivity contribution in [3.8, 4) is 0 Å². The van der Waals surface area contributed by atoms with E-state index in [1.165, 1.54) is 4.31 Å². The van der Waals surface area contributed by atoms with Gasteiger partial charge in [0.15, 0.2) is 0 Å². The van der Waals surface area contributed by atoms with E-state index in [0.717, 1.165) is 17.4 Å². The lowest BCUT2D eigenvalue weighted by Crippen LogP contribution is -2.35. The quantitative estimate of drug-likeness (QED) is 0.763. The van der Waals surface area contributed by atoms with Gasteiger partial charge in [-0.05, 0) is 30.2 Å². The number of rotatable bonds is 7. The van der Waals surface area contributed by atoms with Gasteiger partial charge in [-0.15, -0.1) is 0 Å². The Morgan fingerprint density at radius 1 is 1.04 bits per heavy atom. The first-order chi connectivity index (χ1) is 11.8. The van der Waals surface area contributed by atoms with Gasteiger partial charge in [-0.3, -0.25) is 9.10 Å². The van der Waals surface area contributed by atoms with Crippen molar-refractivity contribution in [2.75, 3.05) is 24.2 Å². The van der Waals surface area contributed by atoms with Gasteiger partial charge in [0, 0.05) is 26.6 Å². The number of sulfonamides is 1. The lowest BCUT2D eigenvalue weighted by atomic mass is 10.2. The molecule has 0 aromatic heterocycles. The number of anilines is 1. The summed E-state index contributed by atoms with van der Waals surface area (Å²) in [5, 5.41) is 0. The normalized spacial score (nSPS) is 11.2. The van der Waals surface area contributed by atoms with E-state index in [9.17, 15) is 13.2 Å². The molecule has 0 saturated heterocycles. The molecule has 0 aliphatic carbocycles. The Morgan fingerprint density at radius 2 is 1.72 bits per heavy atom. The average Bonchev–Trinajstić information content (AvgIpc) is 2.54. The van der Waals surface area contributed by atoms with Crippen LogP contribution in [0.15, 0.2) is 54.6 Å². The van der Waals surface area contributed by atoms with Crippen LogP contribution in [0.2, 0.25) is 0 Å². The molecule has 0 bridgehead atoms. The topological polar surface area (TPSA) is 57.7 Å². The summed E-state index contributed by atoms with van der Waals surface area (Å²) in [4.78, 5) is 14.0. The van der Waals surface area contributed by atoms with Gasteiger partial charge < -0.3 is 4.90 Å². The zero-order chi connectivity index (χ0) is 18.4. The second-order valence-corrected chi connectivity index (χ2v) is 8.07. The van der Waals surface area contributed by atoms with Crippen LogP contribution in [-0.4, -0.2) is 39.1 Å². The molecule has 0 radical (unpaired) electrons. The minimum Gasteiger partial charge on any atom is -0.341 e. The predicted molar refractivity (Wildman–Crippen MR) is 101 cm³/mol. The molecule has 0 aliphatic heterocycles. The number of hydrogen-bond donors (Lipinski definition) is 0. The second-order valence-electron chi connectivity index (χ2n) is 6.16. The van der Waals surface area contributed by atoms with E-state index >= 15 is 0 Å². The minimum atomic E-state index is -3.45. The van der Waals surface area contributed by atoms with E-state index in [4.69, 9.17) is 0 Å². The molecular formula is C19H24N2O3S. The fraction of sp³-hybridized carbons (Fsp3) is 0.316. The van der Waals surface area contributed by atoms with Crippen molar-refractivity contribution in [3.63, 3.8) is 0 Å². The molecule has 134 valence electrons. The number of amides is 1. The molecule has 0 spiro atoms. The van der Waals surface area contributed by atoms with Crippen molar-refractivity contribution >= 4 is 21.6 Å². The number of carbonyl (C=O) groups is 1. The molecule has 0 fully saturated rings. The number of aryl methyl sites for hydroxylation is 1. The zero-order valence-corrected chi connectivity index (χ0v) is 15.7. The van der Waals surface area contributed by atoms with Gasteiger partial charge in [0.25, 0.3) is 0 Å². The third-order valence-electron chi connectivity index (χ3n) is 3.91. The van der Waals surface area contributed by atoms with Crippen molar-refractivity contribution < 1.29 is 13.2 Å². The zero-order valence-electron chi connectivity index (χ0n) is 14.8. The molecule has 0 N–H and O–H groups in total. The van der Waals surface area contributed by atoms with Gasteiger partial charge in [0.1, 0.15) is 0 Å². The highest BCUT2D eigenvalue weighted by Crippen LogP contribution is 2.19. The van der Waals surface area contributed by atoms with Crippen molar-refractivity contribution in [2.45, 2.75) is 19.9 Å². The Kier molecular flexibility index (Phi) is 6.20. The molecule has 2 aromatic rings. The summed E-state index contributed by atoms with van der Waals surface area (Å²) in [6.07, 6.45) is 1.29. The maximum atomic E-state index is 12.4. The van der Waals surface area contributed by atoms with E-state index in [-0.39, 0.29) is 18.9 Å². The molecule has 0 unspecified atom stereocenters. The summed E-state index contributed by atoms with van der Waals surface area (Å²) < 4.78 is 25.5. The first-order valence-corrected chi connectivity index (χ1v) is 9.94. The standard InChI is InChI=1S/C19H24N2O3S/c1-16-8-7-11-18(14-16)21(25(3,23)24)13-12-19(22)20(2)15-17-9-5-4-6-10-17/h4-11,14H,12-13,15H2,1-3H3. The van der Waals surface area contributed by atoms with Crippen molar-refractivity contribution in [1.82, 2.24) is 4.90 Å². The summed E-state index contributed by atoms with van der Waals surface area (Å²) in [5.41, 5.74) is 2.59. The van der Waals surface area contributed by atoms with Crippen LogP contribution >= 0.6 is 0 Å². The van der Waals surface area contributed by atoms with Crippen molar-refractivity contribution in [3.05, 3.63) is 65.7 Å². The largest absolute Gasteiger partial charge is 0.341 e. The van der Waals surface area contributed by atoms with Crippen LogP contribution in [0.1, 0.15) is 17.5 Å². The van der Waals surface area contributed by atoms with E-state index in [0.29, 0.717) is 12.2 Å². The third-order valence-corrected chi connectivity index (χ3v) is 5.10. The lowest BCUT2D eigenvalue weighted by molar-refractivity contribution is -0.130. The molecule has 2 aromatic carbocycles. The highest BCUT2D eigenvalue weighted by Gasteiger charge is 2.20. The number of benzene rings is 2.